The van der Waals surface area contributed by atoms with E-state index in [1.165, 1.54) is 0 Å². The first-order chi connectivity index (χ1) is 10.2. The second-order valence-corrected chi connectivity index (χ2v) is 4.45. The molecule has 2 aromatic carbocycles. The van der Waals surface area contributed by atoms with Gasteiger partial charge in [0.15, 0.2) is 11.6 Å². The minimum Gasteiger partial charge on any atom is -0.490 e. The molecule has 0 atom stereocenters. The second kappa shape index (κ2) is 7.59. The van der Waals surface area contributed by atoms with Gasteiger partial charge in [-0.15, -0.1) is 0 Å². The summed E-state index contributed by atoms with van der Waals surface area (Å²) in [6.45, 7) is 0.977. The van der Waals surface area contributed by atoms with Gasteiger partial charge in [0.1, 0.15) is 24.8 Å². The van der Waals surface area contributed by atoms with E-state index in [2.05, 4.69) is 0 Å². The summed E-state index contributed by atoms with van der Waals surface area (Å²) in [6.07, 6.45) is 0.822. The largest absolute Gasteiger partial charge is 0.490 e. The van der Waals surface area contributed by atoms with E-state index in [1.807, 2.05) is 24.3 Å². The van der Waals surface area contributed by atoms with Crippen molar-refractivity contribution in [3.8, 4) is 11.5 Å². The molecule has 0 aliphatic rings. The zero-order valence-corrected chi connectivity index (χ0v) is 11.5. The molecular formula is C16H17F2NO2. The Morgan fingerprint density at radius 1 is 0.905 bits per heavy atom. The molecule has 21 heavy (non-hydrogen) atoms. The Hall–Kier alpha value is -2.14. The molecule has 2 N–H and O–H groups in total. The Labute approximate surface area is 122 Å². The topological polar surface area (TPSA) is 44.5 Å². The van der Waals surface area contributed by atoms with Crippen molar-refractivity contribution in [2.24, 2.45) is 5.73 Å². The van der Waals surface area contributed by atoms with E-state index < -0.39 is 11.6 Å². The monoisotopic (exact) mass is 293 g/mol. The van der Waals surface area contributed by atoms with Crippen molar-refractivity contribution in [1.82, 2.24) is 0 Å². The Balaban J connectivity index is 1.77. The van der Waals surface area contributed by atoms with E-state index in [0.29, 0.717) is 12.3 Å². The van der Waals surface area contributed by atoms with Crippen LogP contribution < -0.4 is 15.2 Å². The summed E-state index contributed by atoms with van der Waals surface area (Å²) < 4.78 is 36.8. The molecule has 3 nitrogen and oxygen atoms in total. The van der Waals surface area contributed by atoms with Crippen LogP contribution >= 0.6 is 0 Å². The molecule has 0 heterocycles. The van der Waals surface area contributed by atoms with Crippen molar-refractivity contribution in [3.63, 3.8) is 0 Å². The summed E-state index contributed by atoms with van der Waals surface area (Å²) in [4.78, 5) is 0. The summed E-state index contributed by atoms with van der Waals surface area (Å²) in [7, 11) is 0. The fraction of sp³-hybridized carbons (Fsp3) is 0.250. The van der Waals surface area contributed by atoms with Crippen LogP contribution in [0.5, 0.6) is 11.5 Å². The van der Waals surface area contributed by atoms with E-state index >= 15 is 0 Å². The van der Waals surface area contributed by atoms with Gasteiger partial charge in [-0.3, -0.25) is 0 Å². The molecule has 112 valence electrons. The van der Waals surface area contributed by atoms with Gasteiger partial charge in [-0.25, -0.2) is 8.78 Å². The third kappa shape index (κ3) is 4.72. The van der Waals surface area contributed by atoms with E-state index in [1.54, 1.807) is 0 Å². The Bertz CT molecular complexity index is 573. The smallest absolute Gasteiger partial charge is 0.165 e. The van der Waals surface area contributed by atoms with Crippen LogP contribution in [0.4, 0.5) is 8.78 Å². The van der Waals surface area contributed by atoms with Crippen LogP contribution in [0.1, 0.15) is 5.56 Å². The van der Waals surface area contributed by atoms with E-state index in [-0.39, 0.29) is 19.0 Å². The lowest BCUT2D eigenvalue weighted by Crippen LogP contribution is -2.10. The molecule has 0 aromatic heterocycles. The molecule has 0 radical (unpaired) electrons. The Kier molecular flexibility index (Phi) is 5.51. The van der Waals surface area contributed by atoms with Crippen LogP contribution in [0.25, 0.3) is 0 Å². The van der Waals surface area contributed by atoms with Crippen molar-refractivity contribution >= 4 is 0 Å². The maximum atomic E-state index is 13.3. The molecule has 0 aliphatic heterocycles. The molecule has 0 fully saturated rings. The standard InChI is InChI=1S/C16H17F2NO2/c17-13-3-6-15(18)16(11-13)21-10-9-20-14-4-1-12(2-5-14)7-8-19/h1-6,11H,7-10,19H2. The molecule has 0 spiro atoms. The Morgan fingerprint density at radius 3 is 2.33 bits per heavy atom. The summed E-state index contributed by atoms with van der Waals surface area (Å²) in [5.41, 5.74) is 6.61. The number of hydrogen-bond donors (Lipinski definition) is 1. The summed E-state index contributed by atoms with van der Waals surface area (Å²) in [5.74, 6) is -0.554. The first-order valence-corrected chi connectivity index (χ1v) is 6.68. The number of halogens is 2. The number of nitrogens with two attached hydrogens (primary N) is 1. The van der Waals surface area contributed by atoms with Gasteiger partial charge in [-0.05, 0) is 42.8 Å². The fourth-order valence-corrected chi connectivity index (χ4v) is 1.82. The van der Waals surface area contributed by atoms with E-state index in [4.69, 9.17) is 15.2 Å². The van der Waals surface area contributed by atoms with Gasteiger partial charge < -0.3 is 15.2 Å². The summed E-state index contributed by atoms with van der Waals surface area (Å²) in [6, 6.07) is 10.6. The van der Waals surface area contributed by atoms with Gasteiger partial charge in [-0.1, -0.05) is 12.1 Å². The predicted octanol–water partition coefficient (Wildman–Crippen LogP) is 2.92. The third-order valence-electron chi connectivity index (χ3n) is 2.86. The van der Waals surface area contributed by atoms with Crippen LogP contribution in [0.3, 0.4) is 0 Å². The normalized spacial score (nSPS) is 10.4. The predicted molar refractivity (Wildman–Crippen MR) is 76.5 cm³/mol. The minimum atomic E-state index is -0.595. The molecule has 0 aliphatic carbocycles. The minimum absolute atomic E-state index is 0.114. The molecule has 0 amide bonds. The quantitative estimate of drug-likeness (QED) is 0.798. The lowest BCUT2D eigenvalue weighted by Gasteiger charge is -2.09. The zero-order valence-electron chi connectivity index (χ0n) is 11.5. The number of benzene rings is 2. The summed E-state index contributed by atoms with van der Waals surface area (Å²) in [5, 5.41) is 0. The first kappa shape index (κ1) is 15.3. The molecule has 0 saturated heterocycles. The zero-order chi connectivity index (χ0) is 15.1. The van der Waals surface area contributed by atoms with Crippen LogP contribution in [-0.4, -0.2) is 19.8 Å². The molecule has 2 rings (SSSR count). The Morgan fingerprint density at radius 2 is 1.62 bits per heavy atom. The van der Waals surface area contributed by atoms with Gasteiger partial charge in [0.2, 0.25) is 0 Å². The van der Waals surface area contributed by atoms with E-state index in [0.717, 1.165) is 30.2 Å². The molecule has 0 saturated carbocycles. The number of ether oxygens (including phenoxy) is 2. The van der Waals surface area contributed by atoms with Crippen molar-refractivity contribution in [1.29, 1.82) is 0 Å². The lowest BCUT2D eigenvalue weighted by molar-refractivity contribution is 0.211. The molecule has 0 unspecified atom stereocenters. The van der Waals surface area contributed by atoms with Gasteiger partial charge >= 0.3 is 0 Å². The SMILES string of the molecule is NCCc1ccc(OCCOc2cc(F)ccc2F)cc1. The highest BCUT2D eigenvalue weighted by atomic mass is 19.1. The van der Waals surface area contributed by atoms with Gasteiger partial charge in [0.25, 0.3) is 0 Å². The van der Waals surface area contributed by atoms with Gasteiger partial charge in [0, 0.05) is 6.07 Å². The highest BCUT2D eigenvalue weighted by Crippen LogP contribution is 2.18. The fourth-order valence-electron chi connectivity index (χ4n) is 1.82. The van der Waals surface area contributed by atoms with Crippen LogP contribution in [-0.2, 0) is 6.42 Å². The third-order valence-corrected chi connectivity index (χ3v) is 2.86. The molecule has 5 heteroatoms. The number of rotatable bonds is 7. The average molecular weight is 293 g/mol. The summed E-state index contributed by atoms with van der Waals surface area (Å²) >= 11 is 0. The van der Waals surface area contributed by atoms with Gasteiger partial charge in [0.05, 0.1) is 0 Å². The van der Waals surface area contributed by atoms with Crippen molar-refractivity contribution in [3.05, 3.63) is 59.7 Å². The average Bonchev–Trinajstić information content (AvgIpc) is 2.49. The molecule has 0 bridgehead atoms. The highest BCUT2D eigenvalue weighted by Gasteiger charge is 2.04. The maximum Gasteiger partial charge on any atom is 0.165 e. The van der Waals surface area contributed by atoms with Gasteiger partial charge in [-0.2, -0.15) is 0 Å². The van der Waals surface area contributed by atoms with Crippen LogP contribution in [0, 0.1) is 11.6 Å². The molecular weight excluding hydrogens is 276 g/mol. The maximum absolute atomic E-state index is 13.3. The lowest BCUT2D eigenvalue weighted by atomic mass is 10.1. The van der Waals surface area contributed by atoms with E-state index in [9.17, 15) is 8.78 Å². The van der Waals surface area contributed by atoms with Crippen LogP contribution in [0.15, 0.2) is 42.5 Å². The number of hydrogen-bond acceptors (Lipinski definition) is 3. The van der Waals surface area contributed by atoms with Crippen molar-refractivity contribution in [2.75, 3.05) is 19.8 Å². The van der Waals surface area contributed by atoms with Crippen molar-refractivity contribution in [2.45, 2.75) is 6.42 Å². The first-order valence-electron chi connectivity index (χ1n) is 6.68. The van der Waals surface area contributed by atoms with Crippen LogP contribution in [0.2, 0.25) is 0 Å². The molecule has 2 aromatic rings. The van der Waals surface area contributed by atoms with Crippen molar-refractivity contribution < 1.29 is 18.3 Å². The highest BCUT2D eigenvalue weighted by molar-refractivity contribution is 5.27. The second-order valence-electron chi connectivity index (χ2n) is 4.45.